The molecule has 3 aromatic rings. The van der Waals surface area contributed by atoms with E-state index in [4.69, 9.17) is 0 Å². The predicted molar refractivity (Wildman–Crippen MR) is 130 cm³/mol. The molecule has 2 aliphatic rings. The van der Waals surface area contributed by atoms with Crippen molar-refractivity contribution in [3.05, 3.63) is 63.6 Å². The second-order valence-electron chi connectivity index (χ2n) is 9.69. The molecule has 1 saturated heterocycles. The number of nitrogens with zero attached hydrogens (tertiary/aromatic N) is 1. The molecule has 0 bridgehead atoms. The first kappa shape index (κ1) is 20.3. The number of allylic oxidation sites excluding steroid dienone is 1. The van der Waals surface area contributed by atoms with Crippen molar-refractivity contribution < 1.29 is 0 Å². The van der Waals surface area contributed by atoms with E-state index in [1.807, 2.05) is 19.3 Å². The largest absolute Gasteiger partial charge is 0.354 e. The van der Waals surface area contributed by atoms with E-state index >= 15 is 0 Å². The molecule has 0 atom stereocenters. The van der Waals surface area contributed by atoms with Crippen LogP contribution in [0.2, 0.25) is 0 Å². The highest BCUT2D eigenvalue weighted by Crippen LogP contribution is 2.38. The third-order valence-electron chi connectivity index (χ3n) is 6.92. The Hall–Kier alpha value is -2.59. The maximum atomic E-state index is 12.7. The average Bonchev–Trinajstić information content (AvgIpc) is 3.52. The van der Waals surface area contributed by atoms with Crippen LogP contribution >= 0.6 is 0 Å². The molecule has 162 valence electrons. The lowest BCUT2D eigenvalue weighted by Crippen LogP contribution is -2.26. The van der Waals surface area contributed by atoms with Crippen LogP contribution in [0, 0.1) is 5.92 Å². The topological polar surface area (TPSA) is 49.8 Å². The molecule has 4 heteroatoms. The number of rotatable bonds is 5. The van der Waals surface area contributed by atoms with E-state index in [0.717, 1.165) is 29.9 Å². The van der Waals surface area contributed by atoms with Crippen LogP contribution in [0.25, 0.3) is 28.2 Å². The van der Waals surface area contributed by atoms with E-state index in [0.29, 0.717) is 17.8 Å². The molecule has 1 aliphatic carbocycles. The first-order valence-electron chi connectivity index (χ1n) is 11.8. The van der Waals surface area contributed by atoms with Gasteiger partial charge in [0, 0.05) is 35.3 Å². The maximum absolute atomic E-state index is 12.7. The van der Waals surface area contributed by atoms with Crippen LogP contribution in [0.4, 0.5) is 0 Å². The number of hydrogen-bond donors (Lipinski definition) is 2. The molecule has 1 saturated carbocycles. The van der Waals surface area contributed by atoms with Crippen molar-refractivity contribution in [1.29, 1.82) is 0 Å². The third-order valence-corrected chi connectivity index (χ3v) is 6.92. The van der Waals surface area contributed by atoms with Crippen LogP contribution in [0.3, 0.4) is 0 Å². The quantitative estimate of drug-likeness (QED) is 0.574. The number of benzene rings is 1. The van der Waals surface area contributed by atoms with Gasteiger partial charge in [0.2, 0.25) is 0 Å². The van der Waals surface area contributed by atoms with E-state index in [-0.39, 0.29) is 5.56 Å². The molecule has 2 N–H and O–H groups in total. The molecule has 0 unspecified atom stereocenters. The summed E-state index contributed by atoms with van der Waals surface area (Å²) in [7, 11) is 1.85. The molecule has 0 radical (unpaired) electrons. The summed E-state index contributed by atoms with van der Waals surface area (Å²) in [6.07, 6.45) is 11.1. The monoisotopic (exact) mass is 415 g/mol. The summed E-state index contributed by atoms with van der Waals surface area (Å²) in [5, 5.41) is 4.80. The lowest BCUT2D eigenvalue weighted by atomic mass is 9.88. The maximum Gasteiger partial charge on any atom is 0.257 e. The highest BCUT2D eigenvalue weighted by atomic mass is 16.1. The van der Waals surface area contributed by atoms with Crippen molar-refractivity contribution in [2.75, 3.05) is 13.1 Å². The number of aromatic nitrogens is 2. The number of piperidine rings is 1. The molecule has 2 aromatic heterocycles. The van der Waals surface area contributed by atoms with Gasteiger partial charge in [-0.3, -0.25) is 4.79 Å². The molecule has 0 spiro atoms. The van der Waals surface area contributed by atoms with Crippen molar-refractivity contribution in [2.45, 2.75) is 51.4 Å². The molecule has 2 fully saturated rings. The normalized spacial score (nSPS) is 17.9. The van der Waals surface area contributed by atoms with Gasteiger partial charge in [0.25, 0.3) is 5.56 Å². The van der Waals surface area contributed by atoms with Crippen LogP contribution in [-0.4, -0.2) is 22.6 Å². The standard InChI is InChI=1S/C27H33N3O/c1-17(2)25-23-15-20(19-10-12-28-13-11-19)8-9-24(23)29-26(25)22-14-21(7-6-18-4-5-18)27(31)30(3)16-22/h6-9,14-19,28-29H,4-5,10-13H2,1-3H3/b7-6+. The van der Waals surface area contributed by atoms with Crippen LogP contribution in [-0.2, 0) is 7.05 Å². The Balaban J connectivity index is 1.62. The number of pyridine rings is 1. The number of aryl methyl sites for hydroxylation is 1. The van der Waals surface area contributed by atoms with Gasteiger partial charge in [0.05, 0.1) is 5.69 Å². The summed E-state index contributed by atoms with van der Waals surface area (Å²) in [6, 6.07) is 9.02. The molecular formula is C27H33N3O. The van der Waals surface area contributed by atoms with Gasteiger partial charge in [0.1, 0.15) is 0 Å². The minimum Gasteiger partial charge on any atom is -0.354 e. The Morgan fingerprint density at radius 2 is 1.87 bits per heavy atom. The Labute approximate surface area is 184 Å². The van der Waals surface area contributed by atoms with Gasteiger partial charge in [-0.05, 0) is 85.9 Å². The number of aromatic amines is 1. The zero-order valence-corrected chi connectivity index (χ0v) is 18.9. The Kier molecular flexibility index (Phi) is 5.35. The molecular weight excluding hydrogens is 382 g/mol. The van der Waals surface area contributed by atoms with Crippen LogP contribution in [0.1, 0.15) is 68.1 Å². The highest BCUT2D eigenvalue weighted by Gasteiger charge is 2.21. The Bertz CT molecular complexity index is 1190. The molecule has 1 aromatic carbocycles. The first-order chi connectivity index (χ1) is 15.0. The Morgan fingerprint density at radius 1 is 1.10 bits per heavy atom. The van der Waals surface area contributed by atoms with E-state index in [9.17, 15) is 4.79 Å². The fourth-order valence-corrected chi connectivity index (χ4v) is 4.99. The zero-order valence-electron chi connectivity index (χ0n) is 18.9. The van der Waals surface area contributed by atoms with Crippen LogP contribution in [0.15, 0.2) is 41.3 Å². The fraction of sp³-hybridized carbons (Fsp3) is 0.444. The third kappa shape index (κ3) is 4.01. The summed E-state index contributed by atoms with van der Waals surface area (Å²) in [5.74, 6) is 1.68. The van der Waals surface area contributed by atoms with Gasteiger partial charge >= 0.3 is 0 Å². The van der Waals surface area contributed by atoms with E-state index in [2.05, 4.69) is 54.5 Å². The van der Waals surface area contributed by atoms with Crippen molar-refractivity contribution >= 4 is 17.0 Å². The molecule has 1 aliphatic heterocycles. The van der Waals surface area contributed by atoms with Crippen molar-refractivity contribution in [1.82, 2.24) is 14.9 Å². The number of nitrogens with one attached hydrogen (secondary N) is 2. The van der Waals surface area contributed by atoms with Gasteiger partial charge in [-0.25, -0.2) is 0 Å². The SMILES string of the molecule is CC(C)c1c(-c2cc(/C=C/C3CC3)c(=O)n(C)c2)[nH]c2ccc(C3CCNCC3)cc12. The summed E-state index contributed by atoms with van der Waals surface area (Å²) >= 11 is 0. The summed E-state index contributed by atoms with van der Waals surface area (Å²) in [5.41, 5.74) is 7.05. The van der Waals surface area contributed by atoms with Crippen molar-refractivity contribution in [2.24, 2.45) is 13.0 Å². The number of hydrogen-bond acceptors (Lipinski definition) is 2. The number of fused-ring (bicyclic) bond motifs is 1. The van der Waals surface area contributed by atoms with Gasteiger partial charge in [0.15, 0.2) is 0 Å². The molecule has 0 amide bonds. The van der Waals surface area contributed by atoms with Gasteiger partial charge in [-0.15, -0.1) is 0 Å². The van der Waals surface area contributed by atoms with Gasteiger partial charge < -0.3 is 14.9 Å². The van der Waals surface area contributed by atoms with E-state index < -0.39 is 0 Å². The average molecular weight is 416 g/mol. The molecule has 31 heavy (non-hydrogen) atoms. The summed E-state index contributed by atoms with van der Waals surface area (Å²) in [4.78, 5) is 16.4. The summed E-state index contributed by atoms with van der Waals surface area (Å²) in [6.45, 7) is 6.74. The van der Waals surface area contributed by atoms with Crippen LogP contribution in [0.5, 0.6) is 0 Å². The van der Waals surface area contributed by atoms with Gasteiger partial charge in [-0.1, -0.05) is 32.1 Å². The summed E-state index contributed by atoms with van der Waals surface area (Å²) < 4.78 is 1.72. The smallest absolute Gasteiger partial charge is 0.257 e. The lowest BCUT2D eigenvalue weighted by Gasteiger charge is -2.23. The predicted octanol–water partition coefficient (Wildman–Crippen LogP) is 5.55. The first-order valence-corrected chi connectivity index (χ1v) is 11.8. The Morgan fingerprint density at radius 3 is 2.58 bits per heavy atom. The minimum absolute atomic E-state index is 0.0658. The van der Waals surface area contributed by atoms with Crippen molar-refractivity contribution in [3.63, 3.8) is 0 Å². The van der Waals surface area contributed by atoms with E-state index in [1.54, 1.807) is 4.57 Å². The van der Waals surface area contributed by atoms with Gasteiger partial charge in [-0.2, -0.15) is 0 Å². The highest BCUT2D eigenvalue weighted by molar-refractivity contribution is 5.92. The zero-order chi connectivity index (χ0) is 21.5. The second kappa shape index (κ2) is 8.16. The molecule has 4 nitrogen and oxygen atoms in total. The molecule has 5 rings (SSSR count). The second-order valence-corrected chi connectivity index (χ2v) is 9.69. The lowest BCUT2D eigenvalue weighted by molar-refractivity contribution is 0.460. The number of H-pyrrole nitrogens is 1. The van der Waals surface area contributed by atoms with E-state index in [1.165, 1.54) is 47.7 Å². The molecule has 3 heterocycles. The van der Waals surface area contributed by atoms with Crippen molar-refractivity contribution in [3.8, 4) is 11.3 Å². The minimum atomic E-state index is 0.0658. The van der Waals surface area contributed by atoms with Crippen LogP contribution < -0.4 is 10.9 Å². The fourth-order valence-electron chi connectivity index (χ4n) is 4.99.